The number of carbonyl (C=O) groups excluding carboxylic acids is 2. The van der Waals surface area contributed by atoms with Crippen molar-refractivity contribution >= 4 is 11.8 Å². The number of benzene rings is 1. The van der Waals surface area contributed by atoms with E-state index >= 15 is 0 Å². The van der Waals surface area contributed by atoms with Crippen molar-refractivity contribution in [3.63, 3.8) is 0 Å². The van der Waals surface area contributed by atoms with E-state index in [9.17, 15) is 9.59 Å². The molecule has 26 heavy (non-hydrogen) atoms. The van der Waals surface area contributed by atoms with Gasteiger partial charge in [-0.3, -0.25) is 9.59 Å². The lowest BCUT2D eigenvalue weighted by atomic mass is 10.0. The maximum Gasteiger partial charge on any atom is 0.224 e. The Kier molecular flexibility index (Phi) is 5.94. The summed E-state index contributed by atoms with van der Waals surface area (Å²) in [5.41, 5.74) is 2.25. The van der Waals surface area contributed by atoms with Gasteiger partial charge in [0.05, 0.1) is 13.2 Å². The average molecular weight is 360 g/mol. The number of ether oxygens (including phenoxy) is 2. The van der Waals surface area contributed by atoms with Crippen molar-refractivity contribution in [2.24, 2.45) is 0 Å². The van der Waals surface area contributed by atoms with E-state index in [1.165, 1.54) is 5.56 Å². The standard InChI is InChI=1S/C20H28N2O4/c1-16-4-3-5-18(14-16)15-22(17(2)23)9-6-19(24)21-10-7-20(8-11-21)25-12-13-26-20/h3-5,14H,6-13,15H2,1-2H3. The zero-order valence-electron chi connectivity index (χ0n) is 15.7. The fraction of sp³-hybridized carbons (Fsp3) is 0.600. The molecule has 0 unspecified atom stereocenters. The van der Waals surface area contributed by atoms with Crippen LogP contribution in [0.4, 0.5) is 0 Å². The molecule has 142 valence electrons. The summed E-state index contributed by atoms with van der Waals surface area (Å²) in [5.74, 6) is -0.383. The molecule has 2 heterocycles. The molecule has 2 amide bonds. The van der Waals surface area contributed by atoms with Crippen molar-refractivity contribution < 1.29 is 19.1 Å². The van der Waals surface area contributed by atoms with E-state index in [-0.39, 0.29) is 11.8 Å². The molecule has 3 rings (SSSR count). The summed E-state index contributed by atoms with van der Waals surface area (Å²) >= 11 is 0. The first-order valence-electron chi connectivity index (χ1n) is 9.34. The largest absolute Gasteiger partial charge is 0.347 e. The first-order chi connectivity index (χ1) is 12.5. The molecule has 0 bridgehead atoms. The van der Waals surface area contributed by atoms with Crippen LogP contribution < -0.4 is 0 Å². The third-order valence-corrected chi connectivity index (χ3v) is 5.19. The first-order valence-corrected chi connectivity index (χ1v) is 9.34. The van der Waals surface area contributed by atoms with Crippen molar-refractivity contribution in [1.82, 2.24) is 9.80 Å². The van der Waals surface area contributed by atoms with Crippen LogP contribution in [0.1, 0.15) is 37.3 Å². The van der Waals surface area contributed by atoms with E-state index in [4.69, 9.17) is 9.47 Å². The fourth-order valence-corrected chi connectivity index (χ4v) is 3.65. The summed E-state index contributed by atoms with van der Waals surface area (Å²) in [6.45, 7) is 7.14. The number of aryl methyl sites for hydroxylation is 1. The third kappa shape index (κ3) is 4.62. The van der Waals surface area contributed by atoms with Crippen LogP contribution in [0.3, 0.4) is 0 Å². The lowest BCUT2D eigenvalue weighted by Crippen LogP contribution is -2.47. The minimum atomic E-state index is -0.465. The summed E-state index contributed by atoms with van der Waals surface area (Å²) in [4.78, 5) is 28.1. The number of rotatable bonds is 5. The molecule has 0 N–H and O–H groups in total. The molecule has 2 fully saturated rings. The first kappa shape index (κ1) is 18.9. The molecule has 0 radical (unpaired) electrons. The van der Waals surface area contributed by atoms with Crippen LogP contribution in [0.25, 0.3) is 0 Å². The van der Waals surface area contributed by atoms with E-state index in [1.807, 2.05) is 30.0 Å². The molecule has 0 aliphatic carbocycles. The van der Waals surface area contributed by atoms with Crippen LogP contribution in [0.15, 0.2) is 24.3 Å². The molecule has 2 aliphatic rings. The topological polar surface area (TPSA) is 59.1 Å². The number of nitrogens with zero attached hydrogens (tertiary/aromatic N) is 2. The second-order valence-electron chi connectivity index (χ2n) is 7.17. The monoisotopic (exact) mass is 360 g/mol. The third-order valence-electron chi connectivity index (χ3n) is 5.19. The number of piperidine rings is 1. The Bertz CT molecular complexity index is 645. The number of hydrogen-bond acceptors (Lipinski definition) is 4. The van der Waals surface area contributed by atoms with Crippen molar-refractivity contribution in [1.29, 1.82) is 0 Å². The van der Waals surface area contributed by atoms with Gasteiger partial charge in [0.15, 0.2) is 5.79 Å². The Balaban J connectivity index is 1.49. The van der Waals surface area contributed by atoms with E-state index in [2.05, 4.69) is 6.07 Å². The summed E-state index contributed by atoms with van der Waals surface area (Å²) in [6, 6.07) is 8.11. The highest BCUT2D eigenvalue weighted by molar-refractivity contribution is 5.78. The highest BCUT2D eigenvalue weighted by Crippen LogP contribution is 2.31. The van der Waals surface area contributed by atoms with Gasteiger partial charge in [-0.05, 0) is 12.5 Å². The Morgan fingerprint density at radius 1 is 1.19 bits per heavy atom. The Morgan fingerprint density at radius 2 is 1.88 bits per heavy atom. The molecule has 0 aromatic heterocycles. The highest BCUT2D eigenvalue weighted by atomic mass is 16.7. The molecule has 0 saturated carbocycles. The molecule has 2 aliphatic heterocycles. The van der Waals surface area contributed by atoms with E-state index in [0.717, 1.165) is 18.4 Å². The predicted molar refractivity (Wildman–Crippen MR) is 97.3 cm³/mol. The minimum Gasteiger partial charge on any atom is -0.347 e. The van der Waals surface area contributed by atoms with Gasteiger partial charge in [0, 0.05) is 52.4 Å². The van der Waals surface area contributed by atoms with Gasteiger partial charge in [-0.15, -0.1) is 0 Å². The Morgan fingerprint density at radius 3 is 2.50 bits per heavy atom. The van der Waals surface area contributed by atoms with Gasteiger partial charge >= 0.3 is 0 Å². The SMILES string of the molecule is CC(=O)N(CCC(=O)N1CCC2(CC1)OCCO2)Cc1cccc(C)c1. The zero-order chi connectivity index (χ0) is 18.6. The van der Waals surface area contributed by atoms with Crippen molar-refractivity contribution in [2.75, 3.05) is 32.8 Å². The van der Waals surface area contributed by atoms with Gasteiger partial charge in [0.25, 0.3) is 0 Å². The van der Waals surface area contributed by atoms with E-state index < -0.39 is 5.79 Å². The highest BCUT2D eigenvalue weighted by Gasteiger charge is 2.40. The van der Waals surface area contributed by atoms with Gasteiger partial charge in [-0.2, -0.15) is 0 Å². The molecule has 1 aromatic carbocycles. The van der Waals surface area contributed by atoms with Crippen molar-refractivity contribution in [2.45, 2.75) is 45.4 Å². The molecule has 6 nitrogen and oxygen atoms in total. The normalized spacial score (nSPS) is 18.9. The molecule has 2 saturated heterocycles. The summed E-state index contributed by atoms with van der Waals surface area (Å²) in [5, 5.41) is 0. The number of carbonyl (C=O) groups is 2. The lowest BCUT2D eigenvalue weighted by molar-refractivity contribution is -0.187. The number of amides is 2. The molecular weight excluding hydrogens is 332 g/mol. The second-order valence-corrected chi connectivity index (χ2v) is 7.17. The average Bonchev–Trinajstić information content (AvgIpc) is 3.07. The number of likely N-dealkylation sites (tertiary alicyclic amines) is 1. The van der Waals surface area contributed by atoms with E-state index in [1.54, 1.807) is 11.8 Å². The van der Waals surface area contributed by atoms with Crippen molar-refractivity contribution in [3.05, 3.63) is 35.4 Å². The van der Waals surface area contributed by atoms with Crippen LogP contribution in [-0.2, 0) is 25.6 Å². The lowest BCUT2D eigenvalue weighted by Gasteiger charge is -2.37. The smallest absolute Gasteiger partial charge is 0.224 e. The van der Waals surface area contributed by atoms with E-state index in [0.29, 0.717) is 45.8 Å². The molecule has 6 heteroatoms. The predicted octanol–water partition coefficient (Wildman–Crippen LogP) is 2.10. The van der Waals surface area contributed by atoms with Crippen LogP contribution in [0.5, 0.6) is 0 Å². The Labute approximate surface area is 155 Å². The second kappa shape index (κ2) is 8.18. The van der Waals surface area contributed by atoms with Gasteiger partial charge in [-0.1, -0.05) is 29.8 Å². The Hall–Kier alpha value is -1.92. The van der Waals surface area contributed by atoms with Crippen LogP contribution in [0.2, 0.25) is 0 Å². The maximum absolute atomic E-state index is 12.5. The zero-order valence-corrected chi connectivity index (χ0v) is 15.7. The minimum absolute atomic E-state index is 0.00958. The van der Waals surface area contributed by atoms with Crippen molar-refractivity contribution in [3.8, 4) is 0 Å². The quantitative estimate of drug-likeness (QED) is 0.807. The summed E-state index contributed by atoms with van der Waals surface area (Å²) in [7, 11) is 0. The van der Waals surface area contributed by atoms with Crippen LogP contribution >= 0.6 is 0 Å². The molecule has 1 aromatic rings. The summed E-state index contributed by atoms with van der Waals surface area (Å²) in [6.07, 6.45) is 1.79. The van der Waals surface area contributed by atoms with Gasteiger partial charge in [0.1, 0.15) is 0 Å². The van der Waals surface area contributed by atoms with Crippen LogP contribution in [0, 0.1) is 6.92 Å². The summed E-state index contributed by atoms with van der Waals surface area (Å²) < 4.78 is 11.4. The molecule has 0 atom stereocenters. The van der Waals surface area contributed by atoms with Gasteiger partial charge < -0.3 is 19.3 Å². The molecule has 1 spiro atoms. The fourth-order valence-electron chi connectivity index (χ4n) is 3.65. The number of hydrogen-bond donors (Lipinski definition) is 0. The van der Waals surface area contributed by atoms with Crippen LogP contribution in [-0.4, -0.2) is 60.2 Å². The van der Waals surface area contributed by atoms with Gasteiger partial charge in [0.2, 0.25) is 11.8 Å². The maximum atomic E-state index is 12.5. The molecular formula is C20H28N2O4. The van der Waals surface area contributed by atoms with Gasteiger partial charge in [-0.25, -0.2) is 0 Å².